The summed E-state index contributed by atoms with van der Waals surface area (Å²) in [5, 5.41) is 0.671. The minimum absolute atomic E-state index is 0.0260. The maximum Gasteiger partial charge on any atom is 0.193 e. The molecule has 0 amide bonds. The van der Waals surface area contributed by atoms with Crippen LogP contribution in [0.3, 0.4) is 0 Å². The second-order valence-electron chi connectivity index (χ2n) is 4.03. The molecule has 0 radical (unpaired) electrons. The number of rotatable bonds is 3. The quantitative estimate of drug-likeness (QED) is 0.862. The summed E-state index contributed by atoms with van der Waals surface area (Å²) in [4.78, 5) is 12.2. The second-order valence-corrected chi connectivity index (χ2v) is 4.81. The van der Waals surface area contributed by atoms with E-state index in [2.05, 4.69) is 0 Å². The first-order valence-corrected chi connectivity index (χ1v) is 6.23. The van der Waals surface area contributed by atoms with Crippen molar-refractivity contribution in [1.29, 1.82) is 0 Å². The molecule has 2 unspecified atom stereocenters. The lowest BCUT2D eigenvalue weighted by molar-refractivity contribution is 0.0404. The lowest BCUT2D eigenvalue weighted by Crippen LogP contribution is -2.25. The van der Waals surface area contributed by atoms with E-state index in [0.29, 0.717) is 28.6 Å². The predicted octanol–water partition coefficient (Wildman–Crippen LogP) is 2.68. The van der Waals surface area contributed by atoms with Gasteiger partial charge < -0.3 is 10.5 Å². The topological polar surface area (TPSA) is 52.3 Å². The van der Waals surface area contributed by atoms with E-state index in [0.717, 1.165) is 6.42 Å². The van der Waals surface area contributed by atoms with E-state index in [1.165, 1.54) is 0 Å². The molecule has 0 bridgehead atoms. The van der Waals surface area contributed by atoms with Gasteiger partial charge in [-0.1, -0.05) is 29.3 Å². The molecule has 0 aromatic heterocycles. The number of carbonyl (C=O) groups excluding carboxylic acids is 1. The predicted molar refractivity (Wildman–Crippen MR) is 67.7 cm³/mol. The third kappa shape index (κ3) is 2.63. The number of nitrogens with two attached hydrogens (primary N) is 1. The van der Waals surface area contributed by atoms with Crippen LogP contribution in [0.4, 0.5) is 0 Å². The Kier molecular flexibility index (Phi) is 4.05. The Bertz CT molecular complexity index is 437. The van der Waals surface area contributed by atoms with E-state index in [1.807, 2.05) is 0 Å². The van der Waals surface area contributed by atoms with E-state index in [9.17, 15) is 4.79 Å². The number of halogens is 2. The zero-order valence-electron chi connectivity index (χ0n) is 9.16. The summed E-state index contributed by atoms with van der Waals surface area (Å²) in [6.45, 7) is 0.438. The van der Waals surface area contributed by atoms with Gasteiger partial charge in [0.25, 0.3) is 0 Å². The minimum Gasteiger partial charge on any atom is -0.366 e. The molecule has 1 aliphatic rings. The highest BCUT2D eigenvalue weighted by atomic mass is 35.5. The molecular formula is C12H13Cl2NO2. The van der Waals surface area contributed by atoms with Gasteiger partial charge in [-0.25, -0.2) is 0 Å². The maximum absolute atomic E-state index is 12.2. The van der Waals surface area contributed by atoms with Gasteiger partial charge in [-0.2, -0.15) is 0 Å². The summed E-state index contributed by atoms with van der Waals surface area (Å²) in [6, 6.07) is 5.02. The van der Waals surface area contributed by atoms with Crippen molar-refractivity contribution in [2.45, 2.75) is 25.0 Å². The molecule has 17 heavy (non-hydrogen) atoms. The molecule has 1 fully saturated rings. The van der Waals surface area contributed by atoms with E-state index in [-0.39, 0.29) is 11.9 Å². The highest BCUT2D eigenvalue weighted by Gasteiger charge is 2.31. The first-order chi connectivity index (χ1) is 8.13. The van der Waals surface area contributed by atoms with Gasteiger partial charge in [-0.15, -0.1) is 0 Å². The molecule has 1 aliphatic heterocycles. The van der Waals surface area contributed by atoms with E-state index in [1.54, 1.807) is 18.2 Å². The molecule has 1 heterocycles. The molecule has 1 aromatic carbocycles. The number of hydrogen-bond acceptors (Lipinski definition) is 3. The Morgan fingerprint density at radius 1 is 1.41 bits per heavy atom. The highest BCUT2D eigenvalue weighted by molar-refractivity contribution is 6.44. The fraction of sp³-hybridized carbons (Fsp3) is 0.417. The molecule has 3 nitrogen and oxygen atoms in total. The Labute approximate surface area is 110 Å². The van der Waals surface area contributed by atoms with Gasteiger partial charge in [0.1, 0.15) is 6.10 Å². The number of ketones is 1. The Morgan fingerprint density at radius 3 is 2.82 bits per heavy atom. The van der Waals surface area contributed by atoms with Crippen LogP contribution in [0.25, 0.3) is 0 Å². The van der Waals surface area contributed by atoms with E-state index in [4.69, 9.17) is 33.7 Å². The molecule has 1 saturated heterocycles. The zero-order chi connectivity index (χ0) is 12.4. The SMILES string of the molecule is NCC1CCC(C(=O)c2cccc(Cl)c2Cl)O1. The van der Waals surface area contributed by atoms with Crippen LogP contribution in [0.15, 0.2) is 18.2 Å². The van der Waals surface area contributed by atoms with Crippen molar-refractivity contribution >= 4 is 29.0 Å². The number of carbonyl (C=O) groups is 1. The lowest BCUT2D eigenvalue weighted by Gasteiger charge is -2.12. The van der Waals surface area contributed by atoms with Crippen LogP contribution < -0.4 is 5.73 Å². The molecule has 0 aliphatic carbocycles. The van der Waals surface area contributed by atoms with Crippen molar-refractivity contribution in [3.05, 3.63) is 33.8 Å². The third-order valence-electron chi connectivity index (χ3n) is 2.88. The monoisotopic (exact) mass is 273 g/mol. The van der Waals surface area contributed by atoms with Crippen LogP contribution >= 0.6 is 23.2 Å². The molecule has 2 N–H and O–H groups in total. The molecule has 0 spiro atoms. The standard InChI is InChI=1S/C12H13Cl2NO2/c13-9-3-1-2-8(11(9)14)12(16)10-5-4-7(6-15)17-10/h1-3,7,10H,4-6,15H2. The summed E-state index contributed by atoms with van der Waals surface area (Å²) in [6.07, 6.45) is 1.02. The minimum atomic E-state index is -0.445. The first kappa shape index (κ1) is 12.8. The lowest BCUT2D eigenvalue weighted by atomic mass is 10.0. The van der Waals surface area contributed by atoms with Crippen LogP contribution in [0.2, 0.25) is 10.0 Å². The zero-order valence-corrected chi connectivity index (χ0v) is 10.7. The first-order valence-electron chi connectivity index (χ1n) is 5.47. The average Bonchev–Trinajstić information content (AvgIpc) is 2.80. The summed E-state index contributed by atoms with van der Waals surface area (Å²) < 4.78 is 5.55. The van der Waals surface area contributed by atoms with Gasteiger partial charge in [-0.3, -0.25) is 4.79 Å². The Morgan fingerprint density at radius 2 is 2.18 bits per heavy atom. The van der Waals surface area contributed by atoms with Crippen molar-refractivity contribution in [1.82, 2.24) is 0 Å². The van der Waals surface area contributed by atoms with Crippen LogP contribution in [0.5, 0.6) is 0 Å². The van der Waals surface area contributed by atoms with Gasteiger partial charge in [0.15, 0.2) is 5.78 Å². The van der Waals surface area contributed by atoms with Crippen molar-refractivity contribution in [2.75, 3.05) is 6.54 Å². The number of benzene rings is 1. The molecule has 1 aromatic rings. The fourth-order valence-electron chi connectivity index (χ4n) is 1.94. The number of hydrogen-bond donors (Lipinski definition) is 1. The van der Waals surface area contributed by atoms with Crippen molar-refractivity contribution < 1.29 is 9.53 Å². The largest absolute Gasteiger partial charge is 0.366 e. The Balaban J connectivity index is 2.18. The van der Waals surface area contributed by atoms with Crippen molar-refractivity contribution in [3.63, 3.8) is 0 Å². The van der Waals surface area contributed by atoms with Crippen LogP contribution in [0.1, 0.15) is 23.2 Å². The molecule has 5 heteroatoms. The molecular weight excluding hydrogens is 261 g/mol. The van der Waals surface area contributed by atoms with Gasteiger partial charge >= 0.3 is 0 Å². The average molecular weight is 274 g/mol. The summed E-state index contributed by atoms with van der Waals surface area (Å²) in [7, 11) is 0. The number of ether oxygens (including phenoxy) is 1. The summed E-state index contributed by atoms with van der Waals surface area (Å²) in [5.41, 5.74) is 5.92. The molecule has 92 valence electrons. The molecule has 0 saturated carbocycles. The van der Waals surface area contributed by atoms with Gasteiger partial charge in [-0.05, 0) is 25.0 Å². The highest BCUT2D eigenvalue weighted by Crippen LogP contribution is 2.29. The van der Waals surface area contributed by atoms with E-state index < -0.39 is 6.10 Å². The van der Waals surface area contributed by atoms with Gasteiger partial charge in [0, 0.05) is 12.1 Å². The molecule has 2 rings (SSSR count). The second kappa shape index (κ2) is 5.36. The van der Waals surface area contributed by atoms with E-state index >= 15 is 0 Å². The van der Waals surface area contributed by atoms with Gasteiger partial charge in [0.2, 0.25) is 0 Å². The van der Waals surface area contributed by atoms with Crippen LogP contribution in [-0.4, -0.2) is 24.5 Å². The van der Waals surface area contributed by atoms with Crippen molar-refractivity contribution in [2.24, 2.45) is 5.73 Å². The van der Waals surface area contributed by atoms with Crippen LogP contribution in [0, 0.1) is 0 Å². The van der Waals surface area contributed by atoms with Crippen molar-refractivity contribution in [3.8, 4) is 0 Å². The Hall–Kier alpha value is -0.610. The summed E-state index contributed by atoms with van der Waals surface area (Å²) >= 11 is 11.9. The normalized spacial score (nSPS) is 23.9. The number of Topliss-reactive ketones (excluding diaryl/α,β-unsaturated/α-hetero) is 1. The summed E-state index contributed by atoms with van der Waals surface area (Å²) in [5.74, 6) is -0.117. The third-order valence-corrected chi connectivity index (χ3v) is 3.70. The smallest absolute Gasteiger partial charge is 0.193 e. The maximum atomic E-state index is 12.2. The van der Waals surface area contributed by atoms with Crippen LogP contribution in [-0.2, 0) is 4.74 Å². The fourth-order valence-corrected chi connectivity index (χ4v) is 2.33. The van der Waals surface area contributed by atoms with Gasteiger partial charge in [0.05, 0.1) is 16.1 Å². The molecule has 2 atom stereocenters.